The summed E-state index contributed by atoms with van der Waals surface area (Å²) in [6, 6.07) is 13.0. The number of nitriles is 1. The molecule has 5 nitrogen and oxygen atoms in total. The summed E-state index contributed by atoms with van der Waals surface area (Å²) in [6.45, 7) is 0. The Morgan fingerprint density at radius 1 is 1.18 bits per heavy atom. The molecule has 0 saturated heterocycles. The Hall–Kier alpha value is -3.13. The molecule has 0 unspecified atom stereocenters. The van der Waals surface area contributed by atoms with E-state index in [2.05, 4.69) is 0 Å². The van der Waals surface area contributed by atoms with Crippen molar-refractivity contribution < 1.29 is 19.4 Å². The maximum absolute atomic E-state index is 12.5. The Morgan fingerprint density at radius 2 is 1.86 bits per heavy atom. The highest BCUT2D eigenvalue weighted by atomic mass is 16.5. The quantitative estimate of drug-likeness (QED) is 0.857. The zero-order chi connectivity index (χ0) is 16.1. The largest absolute Gasteiger partial charge is 0.496 e. The van der Waals surface area contributed by atoms with Crippen LogP contribution in [-0.2, 0) is 6.42 Å². The van der Waals surface area contributed by atoms with E-state index in [-0.39, 0.29) is 29.1 Å². The molecule has 2 aromatic rings. The summed E-state index contributed by atoms with van der Waals surface area (Å²) in [5, 5.41) is 18.0. The maximum atomic E-state index is 12.5. The van der Waals surface area contributed by atoms with Crippen LogP contribution in [0.3, 0.4) is 0 Å². The number of rotatable bonds is 5. The molecule has 0 aliphatic carbocycles. The van der Waals surface area contributed by atoms with Crippen molar-refractivity contribution in [1.29, 1.82) is 5.26 Å². The van der Waals surface area contributed by atoms with Crippen LogP contribution < -0.4 is 4.74 Å². The van der Waals surface area contributed by atoms with Crippen molar-refractivity contribution in [2.75, 3.05) is 7.11 Å². The van der Waals surface area contributed by atoms with Crippen LogP contribution in [-0.4, -0.2) is 24.0 Å². The van der Waals surface area contributed by atoms with E-state index in [0.29, 0.717) is 11.1 Å². The molecule has 0 radical (unpaired) electrons. The van der Waals surface area contributed by atoms with Crippen LogP contribution in [0.15, 0.2) is 42.5 Å². The molecule has 0 bridgehead atoms. The first-order valence-corrected chi connectivity index (χ1v) is 6.49. The first kappa shape index (κ1) is 15.3. The monoisotopic (exact) mass is 295 g/mol. The van der Waals surface area contributed by atoms with Crippen LogP contribution in [0.25, 0.3) is 0 Å². The molecule has 22 heavy (non-hydrogen) atoms. The van der Waals surface area contributed by atoms with Gasteiger partial charge in [0, 0.05) is 6.42 Å². The fourth-order valence-electron chi connectivity index (χ4n) is 2.14. The normalized spacial score (nSPS) is 9.82. The summed E-state index contributed by atoms with van der Waals surface area (Å²) in [5.74, 6) is -1.29. The van der Waals surface area contributed by atoms with Gasteiger partial charge in [-0.1, -0.05) is 18.2 Å². The number of ketones is 1. The second-order valence-corrected chi connectivity index (χ2v) is 4.60. The molecular formula is C17H13NO4. The van der Waals surface area contributed by atoms with Gasteiger partial charge in [-0.2, -0.15) is 5.26 Å². The lowest BCUT2D eigenvalue weighted by atomic mass is 9.97. The number of carbonyl (C=O) groups excluding carboxylic acids is 1. The van der Waals surface area contributed by atoms with Gasteiger partial charge in [0.25, 0.3) is 0 Å². The van der Waals surface area contributed by atoms with Crippen LogP contribution in [0.2, 0.25) is 0 Å². The average molecular weight is 295 g/mol. The number of nitrogens with zero attached hydrogens (tertiary/aromatic N) is 1. The van der Waals surface area contributed by atoms with Gasteiger partial charge in [0.1, 0.15) is 5.75 Å². The minimum Gasteiger partial charge on any atom is -0.496 e. The number of carbonyl (C=O) groups is 2. The maximum Gasteiger partial charge on any atom is 0.336 e. The third-order valence-electron chi connectivity index (χ3n) is 3.20. The zero-order valence-electron chi connectivity index (χ0n) is 11.9. The highest BCUT2D eigenvalue weighted by Gasteiger charge is 2.21. The molecule has 110 valence electrons. The molecule has 2 aromatic carbocycles. The second kappa shape index (κ2) is 6.55. The SMILES string of the molecule is COc1cccc(C(=O)O)c1C(=O)Cc1ccc(C#N)cc1. The van der Waals surface area contributed by atoms with E-state index in [4.69, 9.17) is 10.00 Å². The Labute approximate surface area is 127 Å². The second-order valence-electron chi connectivity index (χ2n) is 4.60. The van der Waals surface area contributed by atoms with Gasteiger partial charge in [-0.25, -0.2) is 4.79 Å². The van der Waals surface area contributed by atoms with Gasteiger partial charge in [0.15, 0.2) is 5.78 Å². The number of hydrogen-bond acceptors (Lipinski definition) is 4. The summed E-state index contributed by atoms with van der Waals surface area (Å²) in [5.41, 5.74) is 1.17. The smallest absolute Gasteiger partial charge is 0.336 e. The number of carboxylic acid groups (broad SMARTS) is 1. The van der Waals surface area contributed by atoms with Crippen LogP contribution in [0.5, 0.6) is 5.75 Å². The van der Waals surface area contributed by atoms with Gasteiger partial charge in [0.05, 0.1) is 29.9 Å². The Morgan fingerprint density at radius 3 is 2.41 bits per heavy atom. The third kappa shape index (κ3) is 3.13. The van der Waals surface area contributed by atoms with Crippen LogP contribution in [0.1, 0.15) is 31.8 Å². The number of carboxylic acids is 1. The molecular weight excluding hydrogens is 282 g/mol. The molecule has 0 spiro atoms. The summed E-state index contributed by atoms with van der Waals surface area (Å²) in [6.07, 6.45) is 0.0341. The van der Waals surface area contributed by atoms with Gasteiger partial charge in [-0.05, 0) is 29.8 Å². The number of methoxy groups -OCH3 is 1. The molecule has 0 fully saturated rings. The van der Waals surface area contributed by atoms with Crippen molar-refractivity contribution in [2.45, 2.75) is 6.42 Å². The molecule has 0 aliphatic heterocycles. The lowest BCUT2D eigenvalue weighted by molar-refractivity contribution is 0.0691. The van der Waals surface area contributed by atoms with Gasteiger partial charge >= 0.3 is 5.97 Å². The van der Waals surface area contributed by atoms with E-state index in [0.717, 1.165) is 0 Å². The number of ether oxygens (including phenoxy) is 1. The van der Waals surface area contributed by atoms with Crippen molar-refractivity contribution in [2.24, 2.45) is 0 Å². The average Bonchev–Trinajstić information content (AvgIpc) is 2.54. The third-order valence-corrected chi connectivity index (χ3v) is 3.20. The Bertz CT molecular complexity index is 757. The van der Waals surface area contributed by atoms with Crippen LogP contribution >= 0.6 is 0 Å². The number of aromatic carboxylic acids is 1. The van der Waals surface area contributed by atoms with Crippen molar-refractivity contribution in [3.8, 4) is 11.8 Å². The summed E-state index contributed by atoms with van der Waals surface area (Å²) in [7, 11) is 1.39. The molecule has 0 aliphatic rings. The van der Waals surface area contributed by atoms with E-state index in [1.54, 1.807) is 30.3 Å². The molecule has 0 aromatic heterocycles. The fraction of sp³-hybridized carbons (Fsp3) is 0.118. The summed E-state index contributed by atoms with van der Waals surface area (Å²) < 4.78 is 5.10. The highest BCUT2D eigenvalue weighted by molar-refractivity contribution is 6.08. The van der Waals surface area contributed by atoms with E-state index < -0.39 is 5.97 Å². The molecule has 2 rings (SSSR count). The van der Waals surface area contributed by atoms with E-state index in [9.17, 15) is 14.7 Å². The predicted octanol–water partition coefficient (Wildman–Crippen LogP) is 2.69. The van der Waals surface area contributed by atoms with Crippen molar-refractivity contribution >= 4 is 11.8 Å². The Balaban J connectivity index is 2.36. The van der Waals surface area contributed by atoms with Crippen LogP contribution in [0.4, 0.5) is 0 Å². The molecule has 0 heterocycles. The summed E-state index contributed by atoms with van der Waals surface area (Å²) >= 11 is 0. The van der Waals surface area contributed by atoms with E-state index in [1.807, 2.05) is 6.07 Å². The van der Waals surface area contributed by atoms with Crippen molar-refractivity contribution in [3.05, 3.63) is 64.7 Å². The highest BCUT2D eigenvalue weighted by Crippen LogP contribution is 2.24. The van der Waals surface area contributed by atoms with E-state index in [1.165, 1.54) is 19.2 Å². The van der Waals surface area contributed by atoms with Gasteiger partial charge in [-0.15, -0.1) is 0 Å². The topological polar surface area (TPSA) is 87.4 Å². The molecule has 0 amide bonds. The lowest BCUT2D eigenvalue weighted by Gasteiger charge is -2.10. The molecule has 0 saturated carbocycles. The lowest BCUT2D eigenvalue weighted by Crippen LogP contribution is -2.12. The number of hydrogen-bond donors (Lipinski definition) is 1. The molecule has 1 N–H and O–H groups in total. The minimum absolute atomic E-state index is 0.0341. The summed E-state index contributed by atoms with van der Waals surface area (Å²) in [4.78, 5) is 23.8. The first-order chi connectivity index (χ1) is 10.6. The minimum atomic E-state index is -1.18. The van der Waals surface area contributed by atoms with Crippen molar-refractivity contribution in [3.63, 3.8) is 0 Å². The number of benzene rings is 2. The van der Waals surface area contributed by atoms with Gasteiger partial charge in [0.2, 0.25) is 0 Å². The fourth-order valence-corrected chi connectivity index (χ4v) is 2.14. The van der Waals surface area contributed by atoms with Gasteiger partial charge < -0.3 is 9.84 Å². The Kier molecular flexibility index (Phi) is 4.54. The molecule has 0 atom stereocenters. The molecule has 5 heteroatoms. The standard InChI is InChI=1S/C17H13NO4/c1-22-15-4-2-3-13(17(20)21)16(15)14(19)9-11-5-7-12(10-18)8-6-11/h2-8H,9H2,1H3,(H,20,21). The van der Waals surface area contributed by atoms with Crippen LogP contribution in [0, 0.1) is 11.3 Å². The van der Waals surface area contributed by atoms with Crippen molar-refractivity contribution in [1.82, 2.24) is 0 Å². The van der Waals surface area contributed by atoms with E-state index >= 15 is 0 Å². The van der Waals surface area contributed by atoms with Gasteiger partial charge in [-0.3, -0.25) is 4.79 Å². The first-order valence-electron chi connectivity index (χ1n) is 6.49. The predicted molar refractivity (Wildman–Crippen MR) is 79.1 cm³/mol. The number of Topliss-reactive ketones (excluding diaryl/α,β-unsaturated/α-hetero) is 1. The zero-order valence-corrected chi connectivity index (χ0v) is 11.9.